The van der Waals surface area contributed by atoms with Gasteiger partial charge >= 0.3 is 12.1 Å². The third kappa shape index (κ3) is 4.27. The van der Waals surface area contributed by atoms with Crippen molar-refractivity contribution in [3.05, 3.63) is 41.2 Å². The number of carbonyl (C=O) groups is 2. The van der Waals surface area contributed by atoms with E-state index in [-0.39, 0.29) is 11.1 Å². The maximum atomic E-state index is 13.5. The van der Waals surface area contributed by atoms with Gasteiger partial charge < -0.3 is 9.84 Å². The number of hydrogen-bond donors (Lipinski definition) is 1. The number of nitrogens with zero attached hydrogens (tertiary/aromatic N) is 2. The smallest absolute Gasteiger partial charge is 0.420 e. The lowest BCUT2D eigenvalue weighted by Gasteiger charge is -2.57. The highest BCUT2D eigenvalue weighted by Crippen LogP contribution is 2.61. The Kier molecular flexibility index (Phi) is 5.61. The minimum atomic E-state index is -1.10. The van der Waals surface area contributed by atoms with Gasteiger partial charge in [0.05, 0.1) is 5.69 Å². The molecule has 1 heterocycles. The summed E-state index contributed by atoms with van der Waals surface area (Å²) < 4.78 is 7.19. The second-order valence-corrected chi connectivity index (χ2v) is 12.1. The van der Waals surface area contributed by atoms with Crippen molar-refractivity contribution in [2.75, 3.05) is 0 Å². The summed E-state index contributed by atoms with van der Waals surface area (Å²) in [7, 11) is 0. The van der Waals surface area contributed by atoms with Crippen molar-refractivity contribution in [3.63, 3.8) is 0 Å². The summed E-state index contributed by atoms with van der Waals surface area (Å²) in [5.41, 5.74) is 1.68. The van der Waals surface area contributed by atoms with E-state index in [9.17, 15) is 14.7 Å². The van der Waals surface area contributed by atoms with Crippen LogP contribution in [0, 0.1) is 30.1 Å². The fourth-order valence-corrected chi connectivity index (χ4v) is 7.34. The molecule has 4 bridgehead atoms. The van der Waals surface area contributed by atoms with E-state index in [1.807, 2.05) is 52.0 Å². The first kappa shape index (κ1) is 23.1. The standard InChI is InChI=1S/C28H36N2O4/c1-17-7-5-6-8-21(17)24-29-23(25(31)32)22(30(24)26(33)34-27(2,3)4)9-10-28-14-18-11-19(15-28)13-20(12-18)16-28/h5-8,18-20H,9-16H2,1-4H3,(H,31,32). The molecule has 34 heavy (non-hydrogen) atoms. The van der Waals surface area contributed by atoms with Crippen LogP contribution in [0.1, 0.15) is 87.5 Å². The lowest BCUT2D eigenvalue weighted by Crippen LogP contribution is -2.46. The number of hydrogen-bond acceptors (Lipinski definition) is 4. The van der Waals surface area contributed by atoms with Crippen molar-refractivity contribution in [3.8, 4) is 11.4 Å². The first-order valence-electron chi connectivity index (χ1n) is 12.7. The quantitative estimate of drug-likeness (QED) is 0.547. The molecular formula is C28H36N2O4. The van der Waals surface area contributed by atoms with Gasteiger partial charge in [-0.2, -0.15) is 0 Å². The number of benzene rings is 1. The molecule has 0 unspecified atom stereocenters. The van der Waals surface area contributed by atoms with Gasteiger partial charge in [-0.3, -0.25) is 0 Å². The molecular weight excluding hydrogens is 428 g/mol. The van der Waals surface area contributed by atoms with Crippen LogP contribution in [0.25, 0.3) is 11.4 Å². The minimum Gasteiger partial charge on any atom is -0.476 e. The number of aromatic nitrogens is 2. The SMILES string of the molecule is Cc1ccccc1-c1nc(C(=O)O)c(CCC23CC4CC(CC(C4)C2)C3)n1C(=O)OC(C)(C)C. The molecule has 4 aliphatic rings. The Bertz CT molecular complexity index is 1090. The Morgan fingerprint density at radius 3 is 2.21 bits per heavy atom. The largest absolute Gasteiger partial charge is 0.476 e. The Labute approximate surface area is 201 Å². The van der Waals surface area contributed by atoms with Crippen LogP contribution in [-0.2, 0) is 11.2 Å². The van der Waals surface area contributed by atoms with Gasteiger partial charge in [-0.1, -0.05) is 24.3 Å². The molecule has 6 heteroatoms. The van der Waals surface area contributed by atoms with Crippen LogP contribution in [-0.4, -0.2) is 32.3 Å². The first-order valence-corrected chi connectivity index (χ1v) is 12.7. The summed E-state index contributed by atoms with van der Waals surface area (Å²) in [6, 6.07) is 7.63. The molecule has 4 saturated carbocycles. The lowest BCUT2D eigenvalue weighted by molar-refractivity contribution is -0.0572. The zero-order valence-corrected chi connectivity index (χ0v) is 20.8. The van der Waals surface area contributed by atoms with E-state index < -0.39 is 17.7 Å². The number of rotatable bonds is 5. The molecule has 0 spiro atoms. The molecule has 1 N–H and O–H groups in total. The van der Waals surface area contributed by atoms with Crippen molar-refractivity contribution in [2.24, 2.45) is 23.2 Å². The highest BCUT2D eigenvalue weighted by Gasteiger charge is 2.50. The van der Waals surface area contributed by atoms with Crippen molar-refractivity contribution in [1.82, 2.24) is 9.55 Å². The molecule has 1 aromatic carbocycles. The van der Waals surface area contributed by atoms with Gasteiger partial charge in [-0.05, 0) is 108 Å². The average molecular weight is 465 g/mol. The van der Waals surface area contributed by atoms with Gasteiger partial charge in [0.15, 0.2) is 11.5 Å². The third-order valence-corrected chi connectivity index (χ3v) is 8.19. The first-order chi connectivity index (χ1) is 16.0. The third-order valence-electron chi connectivity index (χ3n) is 8.19. The molecule has 6 rings (SSSR count). The second kappa shape index (κ2) is 8.24. The van der Waals surface area contributed by atoms with Crippen LogP contribution in [0.5, 0.6) is 0 Å². The molecule has 0 radical (unpaired) electrons. The van der Waals surface area contributed by atoms with Crippen LogP contribution in [0.2, 0.25) is 0 Å². The summed E-state index contributed by atoms with van der Waals surface area (Å²) in [6.45, 7) is 7.41. The Morgan fingerprint density at radius 1 is 1.09 bits per heavy atom. The van der Waals surface area contributed by atoms with Crippen molar-refractivity contribution < 1.29 is 19.4 Å². The number of ether oxygens (including phenoxy) is 1. The second-order valence-electron chi connectivity index (χ2n) is 12.1. The predicted molar refractivity (Wildman–Crippen MR) is 130 cm³/mol. The number of carboxylic acids is 1. The molecule has 0 saturated heterocycles. The van der Waals surface area contributed by atoms with Crippen LogP contribution in [0.4, 0.5) is 4.79 Å². The van der Waals surface area contributed by atoms with E-state index in [0.29, 0.717) is 17.9 Å². The van der Waals surface area contributed by atoms with Gasteiger partial charge in [-0.15, -0.1) is 0 Å². The highest BCUT2D eigenvalue weighted by molar-refractivity contribution is 5.91. The normalized spacial score (nSPS) is 27.7. The van der Waals surface area contributed by atoms with E-state index in [0.717, 1.165) is 35.3 Å². The zero-order valence-electron chi connectivity index (χ0n) is 20.8. The zero-order chi connectivity index (χ0) is 24.3. The van der Waals surface area contributed by atoms with Crippen molar-refractivity contribution in [2.45, 2.75) is 84.7 Å². The monoisotopic (exact) mass is 464 g/mol. The molecule has 4 fully saturated rings. The van der Waals surface area contributed by atoms with E-state index in [1.165, 1.54) is 43.1 Å². The number of carbonyl (C=O) groups excluding carboxylic acids is 1. The van der Waals surface area contributed by atoms with Crippen LogP contribution in [0.15, 0.2) is 24.3 Å². The Balaban J connectivity index is 1.55. The minimum absolute atomic E-state index is 0.0335. The van der Waals surface area contributed by atoms with Gasteiger partial charge in [-0.25, -0.2) is 19.1 Å². The van der Waals surface area contributed by atoms with Crippen LogP contribution in [0.3, 0.4) is 0 Å². The lowest BCUT2D eigenvalue weighted by atomic mass is 9.48. The van der Waals surface area contributed by atoms with E-state index in [4.69, 9.17) is 4.74 Å². The molecule has 0 aliphatic heterocycles. The summed E-state index contributed by atoms with van der Waals surface area (Å²) in [4.78, 5) is 30.3. The Morgan fingerprint density at radius 2 is 1.68 bits per heavy atom. The van der Waals surface area contributed by atoms with Crippen molar-refractivity contribution >= 4 is 12.1 Å². The summed E-state index contributed by atoms with van der Waals surface area (Å²) >= 11 is 0. The molecule has 4 aliphatic carbocycles. The summed E-state index contributed by atoms with van der Waals surface area (Å²) in [5, 5.41) is 10.1. The molecule has 0 atom stereocenters. The fraction of sp³-hybridized carbons (Fsp3) is 0.607. The number of carboxylic acid groups (broad SMARTS) is 1. The maximum absolute atomic E-state index is 13.5. The van der Waals surface area contributed by atoms with Gasteiger partial charge in [0.2, 0.25) is 0 Å². The fourth-order valence-electron chi connectivity index (χ4n) is 7.34. The van der Waals surface area contributed by atoms with Gasteiger partial charge in [0.25, 0.3) is 0 Å². The predicted octanol–water partition coefficient (Wildman–Crippen LogP) is 6.49. The number of imidazole rings is 1. The summed E-state index contributed by atoms with van der Waals surface area (Å²) in [5.74, 6) is 1.72. The Hall–Kier alpha value is -2.63. The molecule has 182 valence electrons. The average Bonchev–Trinajstić information content (AvgIpc) is 3.10. The topological polar surface area (TPSA) is 81.4 Å². The molecule has 0 amide bonds. The molecule has 1 aromatic heterocycles. The van der Waals surface area contributed by atoms with E-state index in [2.05, 4.69) is 4.98 Å². The molecule has 6 nitrogen and oxygen atoms in total. The van der Waals surface area contributed by atoms with E-state index in [1.54, 1.807) is 0 Å². The van der Waals surface area contributed by atoms with Crippen LogP contribution >= 0.6 is 0 Å². The number of aryl methyl sites for hydroxylation is 1. The summed E-state index contributed by atoms with van der Waals surface area (Å²) in [6.07, 6.45) is 8.69. The number of aromatic carboxylic acids is 1. The molecule has 2 aromatic rings. The maximum Gasteiger partial charge on any atom is 0.420 e. The van der Waals surface area contributed by atoms with Gasteiger partial charge in [0, 0.05) is 5.56 Å². The van der Waals surface area contributed by atoms with E-state index >= 15 is 0 Å². The van der Waals surface area contributed by atoms with Crippen LogP contribution < -0.4 is 0 Å². The van der Waals surface area contributed by atoms with Crippen molar-refractivity contribution in [1.29, 1.82) is 0 Å². The highest BCUT2D eigenvalue weighted by atomic mass is 16.6. The van der Waals surface area contributed by atoms with Gasteiger partial charge in [0.1, 0.15) is 5.60 Å².